The topological polar surface area (TPSA) is 87.4 Å². The average Bonchev–Trinajstić information content (AvgIpc) is 2.61. The molecule has 1 fully saturated rings. The molecule has 1 aromatic rings. The summed E-state index contributed by atoms with van der Waals surface area (Å²) in [4.78, 5) is 11.2. The maximum Gasteiger partial charge on any atom is 0.310 e. The average molecular weight is 221 g/mol. The molecule has 0 aliphatic carbocycles. The van der Waals surface area contributed by atoms with E-state index in [2.05, 4.69) is 10.9 Å². The van der Waals surface area contributed by atoms with Gasteiger partial charge in [0.2, 0.25) is 0 Å². The highest BCUT2D eigenvalue weighted by molar-refractivity contribution is 5.72. The third kappa shape index (κ3) is 1.87. The van der Waals surface area contributed by atoms with E-state index in [1.807, 2.05) is 19.1 Å². The molecule has 3 atom stereocenters. The highest BCUT2D eigenvalue weighted by Crippen LogP contribution is 2.29. The van der Waals surface area contributed by atoms with Crippen LogP contribution in [0.2, 0.25) is 0 Å². The smallest absolute Gasteiger partial charge is 0.310 e. The minimum absolute atomic E-state index is 0.0972. The third-order valence-electron chi connectivity index (χ3n) is 2.95. The van der Waals surface area contributed by atoms with Gasteiger partial charge in [0, 0.05) is 11.7 Å². The predicted molar refractivity (Wildman–Crippen MR) is 60.5 cm³/mol. The van der Waals surface area contributed by atoms with Crippen molar-refractivity contribution in [3.8, 4) is 0 Å². The molecule has 1 aliphatic rings. The molecule has 0 spiro atoms. The molecule has 5 nitrogen and oxygen atoms in total. The van der Waals surface area contributed by atoms with Gasteiger partial charge >= 0.3 is 5.97 Å². The number of hydrazine groups is 1. The number of nitrogens with one attached hydrogen (secondary N) is 2. The van der Waals surface area contributed by atoms with Gasteiger partial charge in [-0.05, 0) is 24.6 Å². The summed E-state index contributed by atoms with van der Waals surface area (Å²) in [5.74, 6) is -1.27. The van der Waals surface area contributed by atoms with Crippen LogP contribution in [0.5, 0.6) is 0 Å². The minimum atomic E-state index is -0.799. The Bertz CT molecular complexity index is 391. The maximum atomic E-state index is 11.2. The summed E-state index contributed by atoms with van der Waals surface area (Å²) < 4.78 is 0. The summed E-state index contributed by atoms with van der Waals surface area (Å²) in [6, 6.07) is 6.94. The Morgan fingerprint density at radius 2 is 1.94 bits per heavy atom. The molecule has 2 rings (SSSR count). The summed E-state index contributed by atoms with van der Waals surface area (Å²) in [5, 5.41) is 9.17. The Kier molecular flexibility index (Phi) is 2.80. The van der Waals surface area contributed by atoms with Crippen LogP contribution in [0.3, 0.4) is 0 Å². The van der Waals surface area contributed by atoms with E-state index in [9.17, 15) is 4.79 Å². The van der Waals surface area contributed by atoms with Crippen LogP contribution in [0.25, 0.3) is 0 Å². The predicted octanol–water partition coefficient (Wildman–Crippen LogP) is 0.507. The lowest BCUT2D eigenvalue weighted by Gasteiger charge is -2.17. The number of anilines is 1. The van der Waals surface area contributed by atoms with Crippen molar-refractivity contribution >= 4 is 11.7 Å². The van der Waals surface area contributed by atoms with Crippen LogP contribution < -0.4 is 16.6 Å². The van der Waals surface area contributed by atoms with Crippen LogP contribution in [-0.4, -0.2) is 17.1 Å². The van der Waals surface area contributed by atoms with Crippen LogP contribution in [0, 0.1) is 5.92 Å². The van der Waals surface area contributed by atoms with E-state index in [-0.39, 0.29) is 12.1 Å². The summed E-state index contributed by atoms with van der Waals surface area (Å²) in [6.45, 7) is 1.85. The fraction of sp³-hybridized carbons (Fsp3) is 0.364. The largest absolute Gasteiger partial charge is 0.481 e. The first kappa shape index (κ1) is 10.9. The number of benzene rings is 1. The number of carbonyl (C=O) groups is 1. The maximum absolute atomic E-state index is 11.2. The molecule has 0 radical (unpaired) electrons. The zero-order valence-electron chi connectivity index (χ0n) is 8.97. The molecule has 86 valence electrons. The van der Waals surface area contributed by atoms with Crippen molar-refractivity contribution in [2.75, 3.05) is 5.73 Å². The molecule has 0 saturated carbocycles. The van der Waals surface area contributed by atoms with E-state index in [1.54, 1.807) is 12.1 Å². The van der Waals surface area contributed by atoms with Gasteiger partial charge in [0.1, 0.15) is 0 Å². The summed E-state index contributed by atoms with van der Waals surface area (Å²) in [6.07, 6.45) is 0. The van der Waals surface area contributed by atoms with Gasteiger partial charge in [-0.2, -0.15) is 0 Å². The lowest BCUT2D eigenvalue weighted by molar-refractivity contribution is -0.142. The summed E-state index contributed by atoms with van der Waals surface area (Å²) >= 11 is 0. The molecule has 0 aromatic heterocycles. The van der Waals surface area contributed by atoms with E-state index < -0.39 is 11.9 Å². The van der Waals surface area contributed by atoms with Crippen molar-refractivity contribution < 1.29 is 9.90 Å². The van der Waals surface area contributed by atoms with E-state index >= 15 is 0 Å². The number of hydrogen-bond donors (Lipinski definition) is 4. The SMILES string of the molecule is CC1NNC(c2ccc(N)cc2)C1C(=O)O. The second-order valence-corrected chi connectivity index (χ2v) is 4.09. The fourth-order valence-electron chi connectivity index (χ4n) is 2.04. The first-order chi connectivity index (χ1) is 7.59. The van der Waals surface area contributed by atoms with E-state index in [1.165, 1.54) is 0 Å². The lowest BCUT2D eigenvalue weighted by atomic mass is 9.90. The quantitative estimate of drug-likeness (QED) is 0.546. The number of rotatable bonds is 2. The van der Waals surface area contributed by atoms with Crippen molar-refractivity contribution in [1.29, 1.82) is 0 Å². The zero-order valence-corrected chi connectivity index (χ0v) is 8.97. The standard InChI is InChI=1S/C11H15N3O2/c1-6-9(11(15)16)10(14-13-6)7-2-4-8(12)5-3-7/h2-6,9-10,13-14H,12H2,1H3,(H,15,16). The monoisotopic (exact) mass is 221 g/mol. The fourth-order valence-corrected chi connectivity index (χ4v) is 2.04. The van der Waals surface area contributed by atoms with Gasteiger partial charge in [-0.3, -0.25) is 10.2 Å². The van der Waals surface area contributed by atoms with Gasteiger partial charge in [-0.15, -0.1) is 0 Å². The van der Waals surface area contributed by atoms with Crippen LogP contribution in [0.1, 0.15) is 18.5 Å². The van der Waals surface area contributed by atoms with Gasteiger partial charge in [0.05, 0.1) is 12.0 Å². The number of carboxylic acid groups (broad SMARTS) is 1. The first-order valence-electron chi connectivity index (χ1n) is 5.19. The molecule has 3 unspecified atom stereocenters. The second kappa shape index (κ2) is 4.11. The molecule has 5 heteroatoms. The number of nitrogen functional groups attached to an aromatic ring is 1. The van der Waals surface area contributed by atoms with Crippen molar-refractivity contribution in [1.82, 2.24) is 10.9 Å². The molecule has 1 saturated heterocycles. The summed E-state index contributed by atoms with van der Waals surface area (Å²) in [7, 11) is 0. The van der Waals surface area contributed by atoms with Crippen molar-refractivity contribution in [3.05, 3.63) is 29.8 Å². The van der Waals surface area contributed by atoms with E-state index in [4.69, 9.17) is 10.8 Å². The number of nitrogens with two attached hydrogens (primary N) is 1. The Labute approximate surface area is 93.6 Å². The van der Waals surface area contributed by atoms with Gasteiger partial charge in [0.25, 0.3) is 0 Å². The lowest BCUT2D eigenvalue weighted by Crippen LogP contribution is -2.30. The molecule has 16 heavy (non-hydrogen) atoms. The van der Waals surface area contributed by atoms with Crippen LogP contribution in [0.15, 0.2) is 24.3 Å². The van der Waals surface area contributed by atoms with Gasteiger partial charge in [0.15, 0.2) is 0 Å². The van der Waals surface area contributed by atoms with E-state index in [0.29, 0.717) is 5.69 Å². The molecule has 1 heterocycles. The van der Waals surface area contributed by atoms with Crippen molar-refractivity contribution in [2.45, 2.75) is 19.0 Å². The Hall–Kier alpha value is -1.59. The molecule has 1 aliphatic heterocycles. The van der Waals surface area contributed by atoms with Crippen LogP contribution in [0.4, 0.5) is 5.69 Å². The molecular weight excluding hydrogens is 206 g/mol. The highest BCUT2D eigenvalue weighted by Gasteiger charge is 2.39. The van der Waals surface area contributed by atoms with Gasteiger partial charge < -0.3 is 10.8 Å². The Morgan fingerprint density at radius 3 is 2.50 bits per heavy atom. The van der Waals surface area contributed by atoms with Crippen LogP contribution in [-0.2, 0) is 4.79 Å². The minimum Gasteiger partial charge on any atom is -0.481 e. The van der Waals surface area contributed by atoms with Gasteiger partial charge in [-0.1, -0.05) is 12.1 Å². The number of hydrogen-bond acceptors (Lipinski definition) is 4. The molecule has 1 aromatic carbocycles. The van der Waals surface area contributed by atoms with Crippen molar-refractivity contribution in [3.63, 3.8) is 0 Å². The highest BCUT2D eigenvalue weighted by atomic mass is 16.4. The molecular formula is C11H15N3O2. The molecule has 5 N–H and O–H groups in total. The molecule has 0 amide bonds. The van der Waals surface area contributed by atoms with Crippen LogP contribution >= 0.6 is 0 Å². The number of aliphatic carboxylic acids is 1. The summed E-state index contributed by atoms with van der Waals surface area (Å²) in [5.41, 5.74) is 13.2. The molecule has 0 bridgehead atoms. The second-order valence-electron chi connectivity index (χ2n) is 4.09. The Morgan fingerprint density at radius 1 is 1.31 bits per heavy atom. The first-order valence-corrected chi connectivity index (χ1v) is 5.19. The normalized spacial score (nSPS) is 29.2. The van der Waals surface area contributed by atoms with Gasteiger partial charge in [-0.25, -0.2) is 5.43 Å². The zero-order chi connectivity index (χ0) is 11.7. The number of carboxylic acids is 1. The third-order valence-corrected chi connectivity index (χ3v) is 2.95. The van der Waals surface area contributed by atoms with E-state index in [0.717, 1.165) is 5.56 Å². The van der Waals surface area contributed by atoms with Crippen molar-refractivity contribution in [2.24, 2.45) is 5.92 Å². The Balaban J connectivity index is 2.26.